The molecule has 78 valence electrons. The van der Waals surface area contributed by atoms with Crippen LogP contribution >= 0.6 is 0 Å². The molecular formula is C12H25N. The Labute approximate surface area is 83.3 Å². The zero-order valence-corrected chi connectivity index (χ0v) is 9.47. The van der Waals surface area contributed by atoms with Crippen LogP contribution < -0.4 is 5.32 Å². The van der Waals surface area contributed by atoms with Crippen molar-refractivity contribution in [1.29, 1.82) is 0 Å². The summed E-state index contributed by atoms with van der Waals surface area (Å²) in [5.74, 6) is 1.90. The molecule has 2 atom stereocenters. The lowest BCUT2D eigenvalue weighted by Gasteiger charge is -2.16. The average molecular weight is 183 g/mol. The van der Waals surface area contributed by atoms with Gasteiger partial charge in [0.15, 0.2) is 0 Å². The van der Waals surface area contributed by atoms with E-state index in [1.165, 1.54) is 38.5 Å². The van der Waals surface area contributed by atoms with E-state index in [1.54, 1.807) is 0 Å². The standard InChI is InChI=1S/C12H25N/c1-10(2)9-11-5-4-6-12(13-3)8-7-11/h10-13H,4-9H2,1-3H3. The molecule has 0 aromatic rings. The first-order valence-electron chi connectivity index (χ1n) is 5.89. The van der Waals surface area contributed by atoms with E-state index in [0.717, 1.165) is 17.9 Å². The highest BCUT2D eigenvalue weighted by atomic mass is 14.9. The molecule has 1 N–H and O–H groups in total. The molecule has 1 rings (SSSR count). The van der Waals surface area contributed by atoms with Gasteiger partial charge in [0.1, 0.15) is 0 Å². The Morgan fingerprint density at radius 3 is 2.54 bits per heavy atom. The molecule has 1 aliphatic rings. The minimum absolute atomic E-state index is 0.803. The van der Waals surface area contributed by atoms with Crippen LogP contribution in [0, 0.1) is 11.8 Å². The first-order valence-corrected chi connectivity index (χ1v) is 5.89. The Kier molecular flexibility index (Phi) is 4.79. The van der Waals surface area contributed by atoms with Gasteiger partial charge in [0, 0.05) is 6.04 Å². The van der Waals surface area contributed by atoms with E-state index in [4.69, 9.17) is 0 Å². The lowest BCUT2D eigenvalue weighted by molar-refractivity contribution is 0.366. The van der Waals surface area contributed by atoms with Crippen LogP contribution in [-0.4, -0.2) is 13.1 Å². The predicted molar refractivity (Wildman–Crippen MR) is 58.9 cm³/mol. The third-order valence-electron chi connectivity index (χ3n) is 3.30. The second kappa shape index (κ2) is 5.64. The van der Waals surface area contributed by atoms with Crippen LogP contribution in [0.5, 0.6) is 0 Å². The zero-order chi connectivity index (χ0) is 9.68. The number of hydrogen-bond acceptors (Lipinski definition) is 1. The molecule has 0 bridgehead atoms. The van der Waals surface area contributed by atoms with Gasteiger partial charge < -0.3 is 5.32 Å². The molecule has 0 aliphatic heterocycles. The third kappa shape index (κ3) is 4.12. The normalized spacial score (nSPS) is 30.5. The molecule has 0 aromatic heterocycles. The monoisotopic (exact) mass is 183 g/mol. The third-order valence-corrected chi connectivity index (χ3v) is 3.30. The average Bonchev–Trinajstić information content (AvgIpc) is 2.29. The van der Waals surface area contributed by atoms with Gasteiger partial charge in [-0.15, -0.1) is 0 Å². The molecule has 0 spiro atoms. The van der Waals surface area contributed by atoms with E-state index < -0.39 is 0 Å². The Morgan fingerprint density at radius 2 is 1.92 bits per heavy atom. The minimum Gasteiger partial charge on any atom is -0.317 e. The predicted octanol–water partition coefficient (Wildman–Crippen LogP) is 3.20. The lowest BCUT2D eigenvalue weighted by Crippen LogP contribution is -2.23. The summed E-state index contributed by atoms with van der Waals surface area (Å²) in [7, 11) is 2.10. The second-order valence-corrected chi connectivity index (χ2v) is 4.99. The molecule has 2 unspecified atom stereocenters. The number of hydrogen-bond donors (Lipinski definition) is 1. The van der Waals surface area contributed by atoms with Gasteiger partial charge in [0.25, 0.3) is 0 Å². The smallest absolute Gasteiger partial charge is 0.00641 e. The highest BCUT2D eigenvalue weighted by Crippen LogP contribution is 2.27. The quantitative estimate of drug-likeness (QED) is 0.663. The van der Waals surface area contributed by atoms with E-state index in [2.05, 4.69) is 26.2 Å². The fourth-order valence-electron chi connectivity index (χ4n) is 2.57. The highest BCUT2D eigenvalue weighted by molar-refractivity contribution is 4.74. The van der Waals surface area contributed by atoms with Gasteiger partial charge in [-0.2, -0.15) is 0 Å². The Bertz CT molecular complexity index is 131. The maximum absolute atomic E-state index is 3.42. The van der Waals surface area contributed by atoms with Crippen molar-refractivity contribution >= 4 is 0 Å². The molecule has 0 heterocycles. The summed E-state index contributed by atoms with van der Waals surface area (Å²) in [6.45, 7) is 4.70. The molecule has 1 saturated carbocycles. The van der Waals surface area contributed by atoms with E-state index in [-0.39, 0.29) is 0 Å². The highest BCUT2D eigenvalue weighted by Gasteiger charge is 2.18. The van der Waals surface area contributed by atoms with Crippen LogP contribution in [0.4, 0.5) is 0 Å². The molecule has 1 fully saturated rings. The van der Waals surface area contributed by atoms with Crippen molar-refractivity contribution in [1.82, 2.24) is 5.32 Å². The van der Waals surface area contributed by atoms with Crippen molar-refractivity contribution in [3.63, 3.8) is 0 Å². The van der Waals surface area contributed by atoms with Crippen molar-refractivity contribution in [3.8, 4) is 0 Å². The van der Waals surface area contributed by atoms with Gasteiger partial charge in [-0.1, -0.05) is 26.7 Å². The molecule has 0 aromatic carbocycles. The van der Waals surface area contributed by atoms with Crippen molar-refractivity contribution in [3.05, 3.63) is 0 Å². The summed E-state index contributed by atoms with van der Waals surface area (Å²) in [6.07, 6.45) is 8.58. The van der Waals surface area contributed by atoms with Gasteiger partial charge in [-0.05, 0) is 44.6 Å². The fourth-order valence-corrected chi connectivity index (χ4v) is 2.57. The lowest BCUT2D eigenvalue weighted by atomic mass is 9.91. The van der Waals surface area contributed by atoms with Crippen LogP contribution in [0.15, 0.2) is 0 Å². The number of nitrogens with one attached hydrogen (secondary N) is 1. The second-order valence-electron chi connectivity index (χ2n) is 4.99. The largest absolute Gasteiger partial charge is 0.317 e. The van der Waals surface area contributed by atoms with Crippen LogP contribution in [0.2, 0.25) is 0 Å². The fraction of sp³-hybridized carbons (Fsp3) is 1.00. The molecule has 0 radical (unpaired) electrons. The Hall–Kier alpha value is -0.0400. The van der Waals surface area contributed by atoms with Crippen molar-refractivity contribution in [2.75, 3.05) is 7.05 Å². The maximum Gasteiger partial charge on any atom is 0.00641 e. The van der Waals surface area contributed by atoms with Gasteiger partial charge >= 0.3 is 0 Å². The summed E-state index contributed by atoms with van der Waals surface area (Å²) in [6, 6.07) is 0.803. The summed E-state index contributed by atoms with van der Waals surface area (Å²) >= 11 is 0. The molecule has 0 saturated heterocycles. The summed E-state index contributed by atoms with van der Waals surface area (Å²) in [5.41, 5.74) is 0. The van der Waals surface area contributed by atoms with Crippen molar-refractivity contribution < 1.29 is 0 Å². The van der Waals surface area contributed by atoms with Crippen LogP contribution in [0.1, 0.15) is 52.4 Å². The van der Waals surface area contributed by atoms with E-state index in [0.29, 0.717) is 0 Å². The van der Waals surface area contributed by atoms with Gasteiger partial charge in [-0.3, -0.25) is 0 Å². The maximum atomic E-state index is 3.42. The van der Waals surface area contributed by atoms with Crippen LogP contribution in [0.25, 0.3) is 0 Å². The molecule has 1 aliphatic carbocycles. The molecule has 1 heteroatoms. The van der Waals surface area contributed by atoms with E-state index >= 15 is 0 Å². The van der Waals surface area contributed by atoms with E-state index in [9.17, 15) is 0 Å². The van der Waals surface area contributed by atoms with Crippen LogP contribution in [-0.2, 0) is 0 Å². The zero-order valence-electron chi connectivity index (χ0n) is 9.47. The van der Waals surface area contributed by atoms with E-state index in [1.807, 2.05) is 0 Å². The molecule has 1 nitrogen and oxygen atoms in total. The first-order chi connectivity index (χ1) is 6.22. The minimum atomic E-state index is 0.803. The van der Waals surface area contributed by atoms with Gasteiger partial charge in [-0.25, -0.2) is 0 Å². The topological polar surface area (TPSA) is 12.0 Å². The molecular weight excluding hydrogens is 158 g/mol. The summed E-state index contributed by atoms with van der Waals surface area (Å²) < 4.78 is 0. The van der Waals surface area contributed by atoms with Gasteiger partial charge in [0.2, 0.25) is 0 Å². The molecule has 0 amide bonds. The summed E-state index contributed by atoms with van der Waals surface area (Å²) in [4.78, 5) is 0. The Balaban J connectivity index is 2.27. The molecule has 13 heavy (non-hydrogen) atoms. The Morgan fingerprint density at radius 1 is 1.15 bits per heavy atom. The van der Waals surface area contributed by atoms with Crippen molar-refractivity contribution in [2.45, 2.75) is 58.4 Å². The number of rotatable bonds is 3. The van der Waals surface area contributed by atoms with Gasteiger partial charge in [0.05, 0.1) is 0 Å². The summed E-state index contributed by atoms with van der Waals surface area (Å²) in [5, 5.41) is 3.42. The first kappa shape index (κ1) is 11.0. The van der Waals surface area contributed by atoms with Crippen molar-refractivity contribution in [2.24, 2.45) is 11.8 Å². The van der Waals surface area contributed by atoms with Crippen LogP contribution in [0.3, 0.4) is 0 Å². The SMILES string of the molecule is CNC1CCCC(CC(C)C)CC1.